The molecule has 1 N–H and O–H groups in total. The summed E-state index contributed by atoms with van der Waals surface area (Å²) in [5, 5.41) is 3.43. The van der Waals surface area contributed by atoms with Crippen LogP contribution >= 0.6 is 12.4 Å². The SMILES string of the molecule is Cl.O=C(C1CCCN(CC2CCNCC2)C1)N1CCOCC1. The number of rotatable bonds is 3. The summed E-state index contributed by atoms with van der Waals surface area (Å²) in [7, 11) is 0. The maximum absolute atomic E-state index is 12.6. The number of morpholine rings is 1. The third-order valence-corrected chi connectivity index (χ3v) is 5.15. The minimum atomic E-state index is 0. The van der Waals surface area contributed by atoms with Crippen molar-refractivity contribution >= 4 is 18.3 Å². The highest BCUT2D eigenvalue weighted by Crippen LogP contribution is 2.22. The Balaban J connectivity index is 0.00000176. The number of nitrogens with one attached hydrogen (secondary N) is 1. The molecule has 1 atom stereocenters. The largest absolute Gasteiger partial charge is 0.378 e. The summed E-state index contributed by atoms with van der Waals surface area (Å²) in [6.45, 7) is 8.64. The Morgan fingerprint density at radius 1 is 1.09 bits per heavy atom. The van der Waals surface area contributed by atoms with Crippen molar-refractivity contribution in [1.82, 2.24) is 15.1 Å². The van der Waals surface area contributed by atoms with Crippen molar-refractivity contribution in [2.75, 3.05) is 59.0 Å². The molecule has 0 saturated carbocycles. The lowest BCUT2D eigenvalue weighted by atomic mass is 9.93. The van der Waals surface area contributed by atoms with Gasteiger partial charge in [0.1, 0.15) is 0 Å². The van der Waals surface area contributed by atoms with Crippen LogP contribution in [-0.4, -0.2) is 74.7 Å². The summed E-state index contributed by atoms with van der Waals surface area (Å²) < 4.78 is 5.35. The number of carbonyl (C=O) groups excluding carboxylic acids is 1. The van der Waals surface area contributed by atoms with E-state index < -0.39 is 0 Å². The van der Waals surface area contributed by atoms with Gasteiger partial charge >= 0.3 is 0 Å². The molecule has 0 aromatic carbocycles. The van der Waals surface area contributed by atoms with E-state index in [0.29, 0.717) is 19.1 Å². The summed E-state index contributed by atoms with van der Waals surface area (Å²) in [6, 6.07) is 0. The Kier molecular flexibility index (Phi) is 7.41. The number of likely N-dealkylation sites (tertiary alicyclic amines) is 1. The second kappa shape index (κ2) is 9.06. The molecule has 3 saturated heterocycles. The average Bonchev–Trinajstić information content (AvgIpc) is 2.56. The number of ether oxygens (including phenoxy) is 1. The highest BCUT2D eigenvalue weighted by atomic mass is 35.5. The number of hydrogen-bond acceptors (Lipinski definition) is 4. The van der Waals surface area contributed by atoms with Crippen LogP contribution in [0.2, 0.25) is 0 Å². The van der Waals surface area contributed by atoms with Gasteiger partial charge in [-0.2, -0.15) is 0 Å². The van der Waals surface area contributed by atoms with Crippen LogP contribution in [-0.2, 0) is 9.53 Å². The third-order valence-electron chi connectivity index (χ3n) is 5.15. The molecule has 6 heteroatoms. The Bertz CT molecular complexity index is 344. The van der Waals surface area contributed by atoms with E-state index in [1.807, 2.05) is 4.90 Å². The number of hydrogen-bond donors (Lipinski definition) is 1. The van der Waals surface area contributed by atoms with Crippen molar-refractivity contribution < 1.29 is 9.53 Å². The second-order valence-corrected chi connectivity index (χ2v) is 6.73. The van der Waals surface area contributed by atoms with Crippen LogP contribution in [0.4, 0.5) is 0 Å². The van der Waals surface area contributed by atoms with Crippen molar-refractivity contribution in [3.05, 3.63) is 0 Å². The Morgan fingerprint density at radius 3 is 2.55 bits per heavy atom. The highest BCUT2D eigenvalue weighted by molar-refractivity contribution is 5.85. The first-order chi connectivity index (χ1) is 10.3. The van der Waals surface area contributed by atoms with Gasteiger partial charge in [-0.1, -0.05) is 0 Å². The molecule has 0 aliphatic carbocycles. The van der Waals surface area contributed by atoms with Gasteiger partial charge < -0.3 is 19.9 Å². The van der Waals surface area contributed by atoms with Gasteiger partial charge in [-0.05, 0) is 51.2 Å². The van der Waals surface area contributed by atoms with E-state index >= 15 is 0 Å². The molecular formula is C16H30ClN3O2. The van der Waals surface area contributed by atoms with Gasteiger partial charge in [-0.15, -0.1) is 12.4 Å². The molecule has 3 heterocycles. The molecule has 1 unspecified atom stereocenters. The molecule has 0 radical (unpaired) electrons. The molecule has 128 valence electrons. The van der Waals surface area contributed by atoms with E-state index in [-0.39, 0.29) is 18.3 Å². The third kappa shape index (κ3) is 4.82. The van der Waals surface area contributed by atoms with E-state index in [4.69, 9.17) is 4.74 Å². The number of amides is 1. The first-order valence-electron chi connectivity index (χ1n) is 8.62. The minimum Gasteiger partial charge on any atom is -0.378 e. The zero-order valence-corrected chi connectivity index (χ0v) is 14.3. The van der Waals surface area contributed by atoms with Crippen molar-refractivity contribution in [3.63, 3.8) is 0 Å². The van der Waals surface area contributed by atoms with E-state index in [1.54, 1.807) is 0 Å². The normalized spacial score (nSPS) is 28.2. The van der Waals surface area contributed by atoms with Crippen molar-refractivity contribution in [2.24, 2.45) is 11.8 Å². The molecular weight excluding hydrogens is 302 g/mol. The van der Waals surface area contributed by atoms with Gasteiger partial charge in [0, 0.05) is 26.2 Å². The van der Waals surface area contributed by atoms with Crippen LogP contribution in [0.25, 0.3) is 0 Å². The molecule has 5 nitrogen and oxygen atoms in total. The van der Waals surface area contributed by atoms with Crippen LogP contribution in [0.5, 0.6) is 0 Å². The Labute approximate surface area is 140 Å². The van der Waals surface area contributed by atoms with Crippen LogP contribution in [0.15, 0.2) is 0 Å². The van der Waals surface area contributed by atoms with Gasteiger partial charge in [0.2, 0.25) is 5.91 Å². The zero-order valence-electron chi connectivity index (χ0n) is 13.5. The fraction of sp³-hybridized carbons (Fsp3) is 0.938. The number of carbonyl (C=O) groups is 1. The lowest BCUT2D eigenvalue weighted by Crippen LogP contribution is -2.49. The summed E-state index contributed by atoms with van der Waals surface area (Å²) in [5.41, 5.74) is 0. The predicted molar refractivity (Wildman–Crippen MR) is 89.4 cm³/mol. The molecule has 1 amide bonds. The second-order valence-electron chi connectivity index (χ2n) is 6.73. The Hall–Kier alpha value is -0.360. The quantitative estimate of drug-likeness (QED) is 0.837. The predicted octanol–water partition coefficient (Wildman–Crippen LogP) is 0.979. The van der Waals surface area contributed by atoms with Crippen molar-refractivity contribution in [3.8, 4) is 0 Å². The standard InChI is InChI=1S/C16H29N3O2.ClH/c20-16(19-8-10-21-11-9-19)15-2-1-7-18(13-15)12-14-3-5-17-6-4-14;/h14-15,17H,1-13H2;1H. The Morgan fingerprint density at radius 2 is 1.82 bits per heavy atom. The number of nitrogens with zero attached hydrogens (tertiary/aromatic N) is 2. The van der Waals surface area contributed by atoms with Gasteiger partial charge in [0.15, 0.2) is 0 Å². The van der Waals surface area contributed by atoms with Crippen LogP contribution in [0.3, 0.4) is 0 Å². The number of piperidine rings is 2. The molecule has 0 spiro atoms. The molecule has 22 heavy (non-hydrogen) atoms. The van der Waals surface area contributed by atoms with E-state index in [0.717, 1.165) is 45.1 Å². The first-order valence-corrected chi connectivity index (χ1v) is 8.62. The lowest BCUT2D eigenvalue weighted by Gasteiger charge is -2.38. The maximum atomic E-state index is 12.6. The minimum absolute atomic E-state index is 0. The molecule has 0 aromatic heterocycles. The van der Waals surface area contributed by atoms with Gasteiger partial charge in [-0.25, -0.2) is 0 Å². The highest BCUT2D eigenvalue weighted by Gasteiger charge is 2.30. The smallest absolute Gasteiger partial charge is 0.227 e. The van der Waals surface area contributed by atoms with E-state index in [1.165, 1.54) is 32.4 Å². The monoisotopic (exact) mass is 331 g/mol. The maximum Gasteiger partial charge on any atom is 0.227 e. The molecule has 3 rings (SSSR count). The first kappa shape index (κ1) is 18.0. The summed E-state index contributed by atoms with van der Waals surface area (Å²) >= 11 is 0. The van der Waals surface area contributed by atoms with Gasteiger partial charge in [0.25, 0.3) is 0 Å². The summed E-state index contributed by atoms with van der Waals surface area (Å²) in [5.74, 6) is 1.41. The van der Waals surface area contributed by atoms with Crippen LogP contribution in [0.1, 0.15) is 25.7 Å². The van der Waals surface area contributed by atoms with Crippen molar-refractivity contribution in [2.45, 2.75) is 25.7 Å². The van der Waals surface area contributed by atoms with Crippen LogP contribution < -0.4 is 5.32 Å². The zero-order chi connectivity index (χ0) is 14.5. The molecule has 0 bridgehead atoms. The topological polar surface area (TPSA) is 44.8 Å². The van der Waals surface area contributed by atoms with Crippen molar-refractivity contribution in [1.29, 1.82) is 0 Å². The number of halogens is 1. The van der Waals surface area contributed by atoms with E-state index in [9.17, 15) is 4.79 Å². The van der Waals surface area contributed by atoms with E-state index in [2.05, 4.69) is 10.2 Å². The molecule has 3 fully saturated rings. The lowest BCUT2D eigenvalue weighted by molar-refractivity contribution is -0.141. The fourth-order valence-corrected chi connectivity index (χ4v) is 3.89. The molecule has 3 aliphatic rings. The molecule has 3 aliphatic heterocycles. The fourth-order valence-electron chi connectivity index (χ4n) is 3.89. The average molecular weight is 332 g/mol. The van der Waals surface area contributed by atoms with Gasteiger partial charge in [0.05, 0.1) is 19.1 Å². The van der Waals surface area contributed by atoms with Crippen LogP contribution in [0, 0.1) is 11.8 Å². The summed E-state index contributed by atoms with van der Waals surface area (Å²) in [6.07, 6.45) is 4.82. The molecule has 0 aromatic rings. The van der Waals surface area contributed by atoms with Gasteiger partial charge in [-0.3, -0.25) is 4.79 Å². The summed E-state index contributed by atoms with van der Waals surface area (Å²) in [4.78, 5) is 17.2.